The molecule has 0 aliphatic carbocycles. The second kappa shape index (κ2) is 29.9. The average molecular weight is 1090 g/mol. The van der Waals surface area contributed by atoms with Crippen LogP contribution in [0.15, 0.2) is 59.6 Å². The highest BCUT2D eigenvalue weighted by molar-refractivity contribution is 8.76. The molecule has 2 heterocycles. The molecule has 0 spiro atoms. The Bertz CT molecular complexity index is 2420. The summed E-state index contributed by atoms with van der Waals surface area (Å²) in [7, 11) is 1.79. The van der Waals surface area contributed by atoms with Crippen molar-refractivity contribution in [3.63, 3.8) is 0 Å². The number of hydrogen-bond donors (Lipinski definition) is 14. The van der Waals surface area contributed by atoms with E-state index in [1.165, 1.54) is 24.3 Å². The van der Waals surface area contributed by atoms with E-state index in [2.05, 4.69) is 42.2 Å². The lowest BCUT2D eigenvalue weighted by Gasteiger charge is -2.31. The standard InChI is InChI=1S/C46H64N14O13S2/c47-35(63)15-14-28-39(67)57-31(20-36(48)64)42(70)59-32(45(73)60-17-5-9-33(60)43(71)55-27(8-4-16-52-46(50)51)38(66)53-21-37(49)65)22-74-75-23-34(62)44(72)58-30(19-25-10-12-26(61)13-11-25)41(69)56-29(40(68)54-28)18-24-6-2-1-3-7-24/h1-3,6-7,10-13,27-34,61-62H,4-5,8-9,14-23H2,(H2,47,63)(H2,48,64)(H2,49,65)(H,53,66)(H,54,68)(H,55,71)(H,56,69)(H,57,67)(H,58,72)(H,59,70)(H4,50,51,52)/t27-,28-,29-,30-,31-,32-,33-,34-/m0/s1. The van der Waals surface area contributed by atoms with Crippen LogP contribution in [0.1, 0.15) is 56.1 Å². The molecule has 0 radical (unpaired) electrons. The summed E-state index contributed by atoms with van der Waals surface area (Å²) < 4.78 is 0. The molecule has 8 atom stereocenters. The second-order valence-electron chi connectivity index (χ2n) is 17.5. The number of benzene rings is 2. The van der Waals surface area contributed by atoms with Crippen molar-refractivity contribution in [2.45, 2.75) is 106 Å². The van der Waals surface area contributed by atoms with Crippen molar-refractivity contribution in [3.8, 4) is 5.75 Å². The van der Waals surface area contributed by atoms with Crippen LogP contribution >= 0.6 is 21.6 Å². The number of aliphatic hydroxyl groups excluding tert-OH is 1. The number of phenols is 1. The van der Waals surface area contributed by atoms with E-state index in [0.717, 1.165) is 26.5 Å². The molecule has 408 valence electrons. The van der Waals surface area contributed by atoms with E-state index in [9.17, 15) is 63.0 Å². The van der Waals surface area contributed by atoms with Crippen molar-refractivity contribution in [1.29, 1.82) is 0 Å². The minimum absolute atomic E-state index is 0.00915. The Kier molecular flexibility index (Phi) is 23.9. The Morgan fingerprint density at radius 1 is 0.707 bits per heavy atom. The van der Waals surface area contributed by atoms with E-state index in [0.29, 0.717) is 11.1 Å². The van der Waals surface area contributed by atoms with Crippen LogP contribution in [0.2, 0.25) is 0 Å². The number of aromatic hydroxyl groups is 1. The maximum absolute atomic E-state index is 14.6. The highest BCUT2D eigenvalue weighted by Crippen LogP contribution is 2.26. The van der Waals surface area contributed by atoms with Gasteiger partial charge >= 0.3 is 0 Å². The van der Waals surface area contributed by atoms with Crippen LogP contribution in [-0.2, 0) is 65.6 Å². The van der Waals surface area contributed by atoms with Crippen LogP contribution in [-0.4, -0.2) is 166 Å². The Morgan fingerprint density at radius 2 is 1.28 bits per heavy atom. The van der Waals surface area contributed by atoms with Gasteiger partial charge in [0.15, 0.2) is 5.96 Å². The van der Waals surface area contributed by atoms with E-state index in [-0.39, 0.29) is 74.8 Å². The van der Waals surface area contributed by atoms with Crippen molar-refractivity contribution < 1.29 is 63.0 Å². The summed E-state index contributed by atoms with van der Waals surface area (Å²) in [6, 6.07) is 3.68. The molecule has 2 fully saturated rings. The molecule has 0 unspecified atom stereocenters. The number of carbonyl (C=O) groups excluding carboxylic acids is 11. The number of guanidine groups is 1. The SMILES string of the molecule is NC(=O)CC[C@@H]1NC(=O)[C@H](Cc2ccccc2)NC(=O)[C@H](Cc2ccc(O)cc2)NC(=O)[C@@H](O)CSSC[C@@H](C(=O)N2CCC[C@H]2C(=O)N[C@@H](CCCN=C(N)N)C(=O)NCC(N)=O)NC(=O)[C@H](CC(N)=O)NC1=O. The Hall–Kier alpha value is -7.66. The number of aliphatic hydroxyl groups is 1. The van der Waals surface area contributed by atoms with Crippen LogP contribution in [0.4, 0.5) is 0 Å². The number of nitrogens with zero attached hydrogens (tertiary/aromatic N) is 2. The largest absolute Gasteiger partial charge is 0.508 e. The third kappa shape index (κ3) is 20.3. The number of amides is 11. The normalized spacial score (nSPS) is 22.6. The third-order valence-electron chi connectivity index (χ3n) is 11.6. The fourth-order valence-corrected chi connectivity index (χ4v) is 9.99. The highest BCUT2D eigenvalue weighted by Gasteiger charge is 2.40. The minimum Gasteiger partial charge on any atom is -0.508 e. The predicted octanol–water partition coefficient (Wildman–Crippen LogP) is -5.37. The Morgan fingerprint density at radius 3 is 1.89 bits per heavy atom. The first kappa shape index (κ1) is 59.9. The summed E-state index contributed by atoms with van der Waals surface area (Å²) in [5.41, 5.74) is 28.0. The lowest BCUT2D eigenvalue weighted by molar-refractivity contribution is -0.142. The molecule has 0 aromatic heterocycles. The molecule has 19 N–H and O–H groups in total. The average Bonchev–Trinajstić information content (AvgIpc) is 3.86. The molecule has 11 amide bonds. The van der Waals surface area contributed by atoms with Crippen LogP contribution in [0.25, 0.3) is 0 Å². The topological polar surface area (TPSA) is 458 Å². The van der Waals surface area contributed by atoms with Gasteiger partial charge in [-0.15, -0.1) is 0 Å². The van der Waals surface area contributed by atoms with Gasteiger partial charge in [-0.25, -0.2) is 0 Å². The van der Waals surface area contributed by atoms with Gasteiger partial charge in [0.1, 0.15) is 54.1 Å². The van der Waals surface area contributed by atoms with Gasteiger partial charge in [0.2, 0.25) is 65.0 Å². The lowest BCUT2D eigenvalue weighted by Crippen LogP contribution is -2.61. The number of hydrogen-bond acceptors (Lipinski definition) is 16. The molecule has 2 aliphatic heterocycles. The first-order valence-electron chi connectivity index (χ1n) is 23.7. The summed E-state index contributed by atoms with van der Waals surface area (Å²) in [5.74, 6) is -11.3. The van der Waals surface area contributed by atoms with Gasteiger partial charge in [-0.2, -0.15) is 0 Å². The summed E-state index contributed by atoms with van der Waals surface area (Å²) in [5, 5.41) is 38.5. The smallest absolute Gasteiger partial charge is 0.250 e. The molecule has 2 saturated heterocycles. The molecule has 75 heavy (non-hydrogen) atoms. The van der Waals surface area contributed by atoms with Gasteiger partial charge in [-0.05, 0) is 55.4 Å². The number of nitrogens with two attached hydrogens (primary N) is 5. The number of primary amides is 3. The zero-order valence-electron chi connectivity index (χ0n) is 40.7. The van der Waals surface area contributed by atoms with Gasteiger partial charge in [0, 0.05) is 43.9 Å². The van der Waals surface area contributed by atoms with E-state index in [1.807, 2.05) is 0 Å². The zero-order chi connectivity index (χ0) is 55.2. The van der Waals surface area contributed by atoms with Crippen molar-refractivity contribution >= 4 is 92.5 Å². The molecule has 29 heteroatoms. The number of likely N-dealkylation sites (tertiary alicyclic amines) is 1. The fourth-order valence-electron chi connectivity index (χ4n) is 7.78. The zero-order valence-corrected chi connectivity index (χ0v) is 42.3. The van der Waals surface area contributed by atoms with Crippen LogP contribution in [0, 0.1) is 0 Å². The van der Waals surface area contributed by atoms with Crippen LogP contribution in [0.5, 0.6) is 5.75 Å². The van der Waals surface area contributed by atoms with Gasteiger partial charge < -0.3 is 81.0 Å². The highest BCUT2D eigenvalue weighted by atomic mass is 33.1. The van der Waals surface area contributed by atoms with E-state index >= 15 is 0 Å². The number of nitrogens with one attached hydrogen (secondary N) is 7. The fraction of sp³-hybridized carbons (Fsp3) is 0.478. The van der Waals surface area contributed by atoms with E-state index in [1.54, 1.807) is 30.3 Å². The van der Waals surface area contributed by atoms with Gasteiger partial charge in [0.05, 0.1) is 13.0 Å². The molecule has 0 bridgehead atoms. The molecule has 2 aromatic carbocycles. The molecular weight excluding hydrogens is 1020 g/mol. The minimum atomic E-state index is -1.82. The monoisotopic (exact) mass is 1080 g/mol. The summed E-state index contributed by atoms with van der Waals surface area (Å²) in [6.45, 7) is -0.478. The quantitative estimate of drug-likeness (QED) is 0.0270. The van der Waals surface area contributed by atoms with E-state index in [4.69, 9.17) is 28.7 Å². The predicted molar refractivity (Wildman–Crippen MR) is 274 cm³/mol. The first-order chi connectivity index (χ1) is 35.6. The molecule has 27 nitrogen and oxygen atoms in total. The Labute approximate surface area is 438 Å². The van der Waals surface area contributed by atoms with Crippen LogP contribution < -0.4 is 65.9 Å². The lowest BCUT2D eigenvalue weighted by atomic mass is 10.0. The maximum atomic E-state index is 14.6. The molecule has 2 aromatic rings. The van der Waals surface area contributed by atoms with Crippen molar-refractivity contribution in [2.75, 3.05) is 31.1 Å². The molecule has 4 rings (SSSR count). The molecule has 2 aliphatic rings. The van der Waals surface area contributed by atoms with Gasteiger partial charge in [-0.3, -0.25) is 57.7 Å². The second-order valence-corrected chi connectivity index (χ2v) is 20.1. The van der Waals surface area contributed by atoms with Crippen molar-refractivity contribution in [1.82, 2.24) is 42.1 Å². The summed E-state index contributed by atoms with van der Waals surface area (Å²) in [6.07, 6.45) is -3.34. The Balaban J connectivity index is 1.71. The summed E-state index contributed by atoms with van der Waals surface area (Å²) >= 11 is 0. The van der Waals surface area contributed by atoms with Crippen LogP contribution in [0.3, 0.4) is 0 Å². The van der Waals surface area contributed by atoms with Crippen molar-refractivity contribution in [2.24, 2.45) is 33.7 Å². The maximum Gasteiger partial charge on any atom is 0.250 e. The number of carbonyl (C=O) groups is 11. The number of phenolic OH excluding ortho intramolecular Hbond substituents is 1. The molecular formula is C46H64N14O13S2. The summed E-state index contributed by atoms with van der Waals surface area (Å²) in [4.78, 5) is 153. The van der Waals surface area contributed by atoms with Crippen molar-refractivity contribution in [3.05, 3.63) is 65.7 Å². The van der Waals surface area contributed by atoms with E-state index < -0.39 is 139 Å². The molecule has 0 saturated carbocycles. The first-order valence-corrected chi connectivity index (χ1v) is 26.2. The van der Waals surface area contributed by atoms with Gasteiger partial charge in [0.25, 0.3) is 0 Å². The van der Waals surface area contributed by atoms with Gasteiger partial charge in [-0.1, -0.05) is 64.1 Å². The number of aliphatic imine (C=N–C) groups is 1. The third-order valence-corrected chi connectivity index (χ3v) is 14.0. The number of rotatable bonds is 19.